The van der Waals surface area contributed by atoms with Crippen LogP contribution in [0, 0.1) is 11.8 Å². The molecule has 0 aromatic rings. The quantitative estimate of drug-likeness (QED) is 0.675. The summed E-state index contributed by atoms with van der Waals surface area (Å²) in [5.74, 6) is 1.55. The maximum Gasteiger partial charge on any atom is 0.314 e. The van der Waals surface area contributed by atoms with Crippen LogP contribution >= 0.6 is 0 Å². The minimum atomic E-state index is 0.00278. The van der Waals surface area contributed by atoms with Gasteiger partial charge in [0, 0.05) is 13.1 Å². The molecule has 0 heterocycles. The van der Waals surface area contributed by atoms with Gasteiger partial charge >= 0.3 is 6.03 Å². The lowest BCUT2D eigenvalue weighted by Crippen LogP contribution is -2.38. The molecule has 1 fully saturated rings. The van der Waals surface area contributed by atoms with Gasteiger partial charge in [-0.15, -0.1) is 0 Å². The van der Waals surface area contributed by atoms with Gasteiger partial charge < -0.3 is 10.6 Å². The van der Waals surface area contributed by atoms with Crippen LogP contribution in [0.4, 0.5) is 4.79 Å². The molecule has 2 N–H and O–H groups in total. The number of nitrogens with one attached hydrogen (secondary N) is 2. The minimum absolute atomic E-state index is 0.00278. The van der Waals surface area contributed by atoms with E-state index in [0.717, 1.165) is 31.8 Å². The Morgan fingerprint density at radius 2 is 2.13 bits per heavy atom. The fourth-order valence-electron chi connectivity index (χ4n) is 2.19. The number of carbonyl (C=O) groups excluding carboxylic acids is 1. The van der Waals surface area contributed by atoms with E-state index < -0.39 is 0 Å². The van der Waals surface area contributed by atoms with Crippen molar-refractivity contribution in [1.29, 1.82) is 0 Å². The summed E-state index contributed by atoms with van der Waals surface area (Å²) in [6.45, 7) is 6.06. The number of hydrogen-bond acceptors (Lipinski definition) is 1. The Kier molecular flexibility index (Phi) is 5.51. The first-order valence-electron chi connectivity index (χ1n) is 6.24. The number of hydrogen-bond donors (Lipinski definition) is 2. The molecule has 0 bridgehead atoms. The predicted octanol–water partition coefficient (Wildman–Crippen LogP) is 2.52. The first kappa shape index (κ1) is 12.3. The predicted molar refractivity (Wildman–Crippen MR) is 62.8 cm³/mol. The van der Waals surface area contributed by atoms with Crippen molar-refractivity contribution in [1.82, 2.24) is 10.6 Å². The van der Waals surface area contributed by atoms with Crippen molar-refractivity contribution in [3.05, 3.63) is 0 Å². The molecule has 1 rings (SSSR count). The second-order valence-electron chi connectivity index (χ2n) is 4.77. The van der Waals surface area contributed by atoms with Gasteiger partial charge in [0.15, 0.2) is 0 Å². The summed E-state index contributed by atoms with van der Waals surface area (Å²) in [5.41, 5.74) is 0. The average molecular weight is 212 g/mol. The molecule has 15 heavy (non-hydrogen) atoms. The number of amides is 2. The van der Waals surface area contributed by atoms with Crippen molar-refractivity contribution in [2.45, 2.75) is 46.0 Å². The number of carbonyl (C=O) groups is 1. The maximum absolute atomic E-state index is 11.3. The summed E-state index contributed by atoms with van der Waals surface area (Å²) in [4.78, 5) is 11.3. The summed E-state index contributed by atoms with van der Waals surface area (Å²) in [6.07, 6.45) is 6.06. The summed E-state index contributed by atoms with van der Waals surface area (Å²) in [5, 5.41) is 5.82. The van der Waals surface area contributed by atoms with Gasteiger partial charge in [0.05, 0.1) is 0 Å². The molecule has 88 valence electrons. The SMILES string of the molecule is CCCCNC(=O)NCC1CCC(C)C1. The topological polar surface area (TPSA) is 41.1 Å². The summed E-state index contributed by atoms with van der Waals surface area (Å²) >= 11 is 0. The van der Waals surface area contributed by atoms with Crippen molar-refractivity contribution in [3.63, 3.8) is 0 Å². The van der Waals surface area contributed by atoms with Gasteiger partial charge in [0.1, 0.15) is 0 Å². The molecule has 0 aromatic carbocycles. The van der Waals surface area contributed by atoms with Crippen molar-refractivity contribution >= 4 is 6.03 Å². The van der Waals surface area contributed by atoms with E-state index in [0.29, 0.717) is 5.92 Å². The lowest BCUT2D eigenvalue weighted by atomic mass is 10.1. The van der Waals surface area contributed by atoms with Crippen molar-refractivity contribution in [3.8, 4) is 0 Å². The molecule has 1 aliphatic carbocycles. The van der Waals surface area contributed by atoms with E-state index in [9.17, 15) is 4.79 Å². The van der Waals surface area contributed by atoms with Crippen molar-refractivity contribution in [2.24, 2.45) is 11.8 Å². The Morgan fingerprint density at radius 1 is 1.33 bits per heavy atom. The molecule has 2 unspecified atom stereocenters. The Labute approximate surface area is 93.0 Å². The third-order valence-electron chi connectivity index (χ3n) is 3.17. The van der Waals surface area contributed by atoms with E-state index in [1.165, 1.54) is 19.3 Å². The van der Waals surface area contributed by atoms with E-state index in [-0.39, 0.29) is 6.03 Å². The van der Waals surface area contributed by atoms with Crippen LogP contribution in [0.15, 0.2) is 0 Å². The number of unbranched alkanes of at least 4 members (excludes halogenated alkanes) is 1. The lowest BCUT2D eigenvalue weighted by Gasteiger charge is -2.11. The zero-order chi connectivity index (χ0) is 11.1. The molecule has 0 spiro atoms. The van der Waals surface area contributed by atoms with Gasteiger partial charge in [-0.25, -0.2) is 4.79 Å². The third kappa shape index (κ3) is 5.05. The van der Waals surface area contributed by atoms with Gasteiger partial charge in [-0.2, -0.15) is 0 Å². The molecule has 2 amide bonds. The highest BCUT2D eigenvalue weighted by Gasteiger charge is 2.21. The van der Waals surface area contributed by atoms with Gasteiger partial charge in [-0.05, 0) is 31.1 Å². The average Bonchev–Trinajstić information content (AvgIpc) is 2.62. The third-order valence-corrected chi connectivity index (χ3v) is 3.17. The van der Waals surface area contributed by atoms with Crippen LogP contribution in [-0.2, 0) is 0 Å². The molecule has 3 heteroatoms. The fraction of sp³-hybridized carbons (Fsp3) is 0.917. The van der Waals surface area contributed by atoms with Crippen LogP contribution in [0.3, 0.4) is 0 Å². The maximum atomic E-state index is 11.3. The molecule has 3 nitrogen and oxygen atoms in total. The first-order valence-corrected chi connectivity index (χ1v) is 6.24. The highest BCUT2D eigenvalue weighted by molar-refractivity contribution is 5.73. The highest BCUT2D eigenvalue weighted by atomic mass is 16.2. The van der Waals surface area contributed by atoms with Crippen LogP contribution in [-0.4, -0.2) is 19.1 Å². The van der Waals surface area contributed by atoms with E-state index in [4.69, 9.17) is 0 Å². The summed E-state index contributed by atoms with van der Waals surface area (Å²) < 4.78 is 0. The Hall–Kier alpha value is -0.730. The molecule has 0 radical (unpaired) electrons. The highest BCUT2D eigenvalue weighted by Crippen LogP contribution is 2.29. The Balaban J connectivity index is 2.01. The molecule has 1 saturated carbocycles. The van der Waals surface area contributed by atoms with E-state index in [2.05, 4.69) is 24.5 Å². The largest absolute Gasteiger partial charge is 0.338 e. The Morgan fingerprint density at radius 3 is 2.73 bits per heavy atom. The molecule has 0 aliphatic heterocycles. The Bertz CT molecular complexity index is 194. The van der Waals surface area contributed by atoms with Gasteiger partial charge in [0.2, 0.25) is 0 Å². The van der Waals surface area contributed by atoms with Crippen molar-refractivity contribution < 1.29 is 4.79 Å². The summed E-state index contributed by atoms with van der Waals surface area (Å²) in [6, 6.07) is 0.00278. The fourth-order valence-corrected chi connectivity index (χ4v) is 2.19. The first-order chi connectivity index (χ1) is 7.22. The van der Waals surface area contributed by atoms with Gasteiger partial charge in [0.25, 0.3) is 0 Å². The second kappa shape index (κ2) is 6.70. The summed E-state index contributed by atoms with van der Waals surface area (Å²) in [7, 11) is 0. The van der Waals surface area contributed by atoms with Gasteiger partial charge in [-0.3, -0.25) is 0 Å². The van der Waals surface area contributed by atoms with E-state index in [1.807, 2.05) is 0 Å². The molecule has 0 aromatic heterocycles. The molecule has 1 aliphatic rings. The van der Waals surface area contributed by atoms with Crippen molar-refractivity contribution in [2.75, 3.05) is 13.1 Å². The van der Waals surface area contributed by atoms with Gasteiger partial charge in [-0.1, -0.05) is 26.7 Å². The van der Waals surface area contributed by atoms with Crippen LogP contribution < -0.4 is 10.6 Å². The van der Waals surface area contributed by atoms with Crippen LogP contribution in [0.25, 0.3) is 0 Å². The van der Waals surface area contributed by atoms with E-state index >= 15 is 0 Å². The monoisotopic (exact) mass is 212 g/mol. The minimum Gasteiger partial charge on any atom is -0.338 e. The normalized spacial score (nSPS) is 25.2. The standard InChI is InChI=1S/C12H24N2O/c1-3-4-7-13-12(15)14-9-11-6-5-10(2)8-11/h10-11H,3-9H2,1-2H3,(H2,13,14,15). The zero-order valence-corrected chi connectivity index (χ0v) is 10.0. The van der Waals surface area contributed by atoms with Crippen LogP contribution in [0.2, 0.25) is 0 Å². The second-order valence-corrected chi connectivity index (χ2v) is 4.77. The smallest absolute Gasteiger partial charge is 0.314 e. The molecular weight excluding hydrogens is 188 g/mol. The van der Waals surface area contributed by atoms with Crippen LogP contribution in [0.5, 0.6) is 0 Å². The zero-order valence-electron chi connectivity index (χ0n) is 10.0. The molecule has 0 saturated heterocycles. The number of urea groups is 1. The number of rotatable bonds is 5. The molecule has 2 atom stereocenters. The van der Waals surface area contributed by atoms with E-state index in [1.54, 1.807) is 0 Å². The molecular formula is C12H24N2O. The van der Waals surface area contributed by atoms with Crippen LogP contribution in [0.1, 0.15) is 46.0 Å². The lowest BCUT2D eigenvalue weighted by molar-refractivity contribution is 0.238.